The van der Waals surface area contributed by atoms with Crippen molar-refractivity contribution in [3.05, 3.63) is 24.3 Å². The van der Waals surface area contributed by atoms with Crippen molar-refractivity contribution in [1.29, 1.82) is 0 Å². The second-order valence-corrected chi connectivity index (χ2v) is 6.95. The van der Waals surface area contributed by atoms with Crippen LogP contribution < -0.4 is 4.74 Å². The molecule has 2 heterocycles. The Kier molecular flexibility index (Phi) is 5.96. The number of piperidine rings is 1. The Morgan fingerprint density at radius 1 is 1.16 bits per heavy atom. The lowest BCUT2D eigenvalue weighted by molar-refractivity contribution is -0.129. The van der Waals surface area contributed by atoms with Gasteiger partial charge in [-0.1, -0.05) is 11.8 Å². The number of benzene rings is 1. The predicted molar refractivity (Wildman–Crippen MR) is 98.8 cm³/mol. The molecule has 1 aliphatic rings. The van der Waals surface area contributed by atoms with E-state index >= 15 is 0 Å². The van der Waals surface area contributed by atoms with E-state index in [0.717, 1.165) is 54.8 Å². The van der Waals surface area contributed by atoms with E-state index in [0.29, 0.717) is 5.75 Å². The Morgan fingerprint density at radius 3 is 2.52 bits per heavy atom. The molecule has 6 nitrogen and oxygen atoms in total. The summed E-state index contributed by atoms with van der Waals surface area (Å²) in [6.07, 6.45) is 3.46. The highest BCUT2D eigenvalue weighted by molar-refractivity contribution is 7.99. The van der Waals surface area contributed by atoms with Crippen LogP contribution in [0.15, 0.2) is 29.4 Å². The second-order valence-electron chi connectivity index (χ2n) is 6.01. The third-order valence-electron chi connectivity index (χ3n) is 4.41. The molecule has 0 bridgehead atoms. The van der Waals surface area contributed by atoms with Crippen molar-refractivity contribution in [2.45, 2.75) is 37.9 Å². The van der Waals surface area contributed by atoms with Crippen molar-refractivity contribution in [3.63, 3.8) is 0 Å². The zero-order chi connectivity index (χ0) is 17.6. The molecule has 0 saturated carbocycles. The van der Waals surface area contributed by atoms with Crippen LogP contribution in [0.1, 0.15) is 26.2 Å². The Labute approximate surface area is 152 Å². The number of ether oxygens (including phenoxy) is 1. The topological polar surface area (TPSA) is 60.2 Å². The summed E-state index contributed by atoms with van der Waals surface area (Å²) in [5, 5.41) is 9.42. The monoisotopic (exact) mass is 360 g/mol. The fraction of sp³-hybridized carbons (Fsp3) is 0.500. The third-order valence-corrected chi connectivity index (χ3v) is 5.37. The molecule has 0 N–H and O–H groups in total. The number of thioether (sulfide) groups is 1. The predicted octanol–water partition coefficient (Wildman–Crippen LogP) is 3.08. The van der Waals surface area contributed by atoms with Crippen molar-refractivity contribution in [2.75, 3.05) is 26.0 Å². The van der Waals surface area contributed by atoms with Gasteiger partial charge in [-0.25, -0.2) is 0 Å². The van der Waals surface area contributed by atoms with Crippen LogP contribution in [0.4, 0.5) is 0 Å². The average Bonchev–Trinajstić information content (AvgIpc) is 3.09. The zero-order valence-electron chi connectivity index (χ0n) is 14.8. The normalized spacial score (nSPS) is 14.6. The largest absolute Gasteiger partial charge is 0.497 e. The van der Waals surface area contributed by atoms with Gasteiger partial charge >= 0.3 is 0 Å². The van der Waals surface area contributed by atoms with E-state index in [9.17, 15) is 4.79 Å². The lowest BCUT2D eigenvalue weighted by Gasteiger charge is -2.26. The molecule has 0 aliphatic carbocycles. The lowest BCUT2D eigenvalue weighted by atomic mass is 10.1. The zero-order valence-corrected chi connectivity index (χ0v) is 15.6. The number of amides is 1. The number of rotatable bonds is 6. The van der Waals surface area contributed by atoms with Crippen molar-refractivity contribution >= 4 is 17.7 Å². The van der Waals surface area contributed by atoms with Crippen LogP contribution in [0.25, 0.3) is 11.4 Å². The van der Waals surface area contributed by atoms with Crippen LogP contribution in [0.2, 0.25) is 0 Å². The number of aromatic nitrogens is 3. The van der Waals surface area contributed by atoms with E-state index in [1.807, 2.05) is 29.2 Å². The van der Waals surface area contributed by atoms with Crippen molar-refractivity contribution in [1.82, 2.24) is 19.7 Å². The van der Waals surface area contributed by atoms with Crippen LogP contribution in [0.5, 0.6) is 5.75 Å². The second kappa shape index (κ2) is 8.38. The smallest absolute Gasteiger partial charge is 0.233 e. The van der Waals surface area contributed by atoms with Crippen molar-refractivity contribution in [2.24, 2.45) is 0 Å². The Balaban J connectivity index is 1.69. The van der Waals surface area contributed by atoms with Crippen LogP contribution in [-0.2, 0) is 11.3 Å². The quantitative estimate of drug-likeness (QED) is 0.741. The number of carbonyl (C=O) groups excluding carboxylic acids is 1. The van der Waals surface area contributed by atoms with E-state index in [1.54, 1.807) is 7.11 Å². The number of nitrogens with zero attached hydrogens (tertiary/aromatic N) is 4. The van der Waals surface area contributed by atoms with Gasteiger partial charge in [0.2, 0.25) is 5.91 Å². The van der Waals surface area contributed by atoms with Crippen LogP contribution in [0, 0.1) is 0 Å². The first-order valence-corrected chi connectivity index (χ1v) is 9.69. The first-order valence-electron chi connectivity index (χ1n) is 8.71. The summed E-state index contributed by atoms with van der Waals surface area (Å²) in [5.41, 5.74) is 0.990. The Morgan fingerprint density at radius 2 is 1.88 bits per heavy atom. The summed E-state index contributed by atoms with van der Waals surface area (Å²) in [6.45, 7) is 4.59. The van der Waals surface area contributed by atoms with Gasteiger partial charge < -0.3 is 14.2 Å². The minimum atomic E-state index is 0.196. The molecule has 25 heavy (non-hydrogen) atoms. The molecule has 2 aromatic rings. The summed E-state index contributed by atoms with van der Waals surface area (Å²) < 4.78 is 7.25. The number of hydrogen-bond acceptors (Lipinski definition) is 5. The van der Waals surface area contributed by atoms with Crippen LogP contribution in [-0.4, -0.2) is 51.5 Å². The van der Waals surface area contributed by atoms with Gasteiger partial charge in [0, 0.05) is 25.2 Å². The molecule has 0 radical (unpaired) electrons. The van der Waals surface area contributed by atoms with Gasteiger partial charge in [0.25, 0.3) is 0 Å². The molecule has 1 aromatic heterocycles. The van der Waals surface area contributed by atoms with Crippen molar-refractivity contribution in [3.8, 4) is 17.1 Å². The Hall–Kier alpha value is -2.02. The minimum Gasteiger partial charge on any atom is -0.497 e. The number of likely N-dealkylation sites (tertiary alicyclic amines) is 1. The average molecular weight is 360 g/mol. The molecular weight excluding hydrogens is 336 g/mol. The third kappa shape index (κ3) is 4.15. The van der Waals surface area contributed by atoms with E-state index in [4.69, 9.17) is 4.74 Å². The number of carbonyl (C=O) groups is 1. The molecule has 1 aromatic carbocycles. The Bertz CT molecular complexity index is 708. The molecule has 1 aliphatic heterocycles. The van der Waals surface area contributed by atoms with Gasteiger partial charge in [-0.2, -0.15) is 0 Å². The fourth-order valence-electron chi connectivity index (χ4n) is 3.00. The molecule has 1 fully saturated rings. The van der Waals surface area contributed by atoms with Gasteiger partial charge in [0.1, 0.15) is 5.75 Å². The van der Waals surface area contributed by atoms with Crippen molar-refractivity contribution < 1.29 is 9.53 Å². The first kappa shape index (κ1) is 17.8. The minimum absolute atomic E-state index is 0.196. The van der Waals surface area contributed by atoms with Gasteiger partial charge in [-0.3, -0.25) is 4.79 Å². The van der Waals surface area contributed by atoms with E-state index in [-0.39, 0.29) is 5.91 Å². The summed E-state index contributed by atoms with van der Waals surface area (Å²) in [4.78, 5) is 14.3. The summed E-state index contributed by atoms with van der Waals surface area (Å²) >= 11 is 1.47. The maximum absolute atomic E-state index is 12.4. The summed E-state index contributed by atoms with van der Waals surface area (Å²) in [6, 6.07) is 7.78. The molecule has 134 valence electrons. The van der Waals surface area contributed by atoms with Crippen LogP contribution in [0.3, 0.4) is 0 Å². The molecule has 0 unspecified atom stereocenters. The fourth-order valence-corrected chi connectivity index (χ4v) is 3.90. The van der Waals surface area contributed by atoms with Crippen LogP contribution >= 0.6 is 11.8 Å². The van der Waals surface area contributed by atoms with Gasteiger partial charge in [0.05, 0.1) is 12.9 Å². The number of methoxy groups -OCH3 is 1. The van der Waals surface area contributed by atoms with Gasteiger partial charge in [0.15, 0.2) is 11.0 Å². The maximum atomic E-state index is 12.4. The molecule has 7 heteroatoms. The summed E-state index contributed by atoms with van der Waals surface area (Å²) in [7, 11) is 1.65. The van der Waals surface area contributed by atoms with Gasteiger partial charge in [-0.05, 0) is 50.5 Å². The van der Waals surface area contributed by atoms with E-state index in [2.05, 4.69) is 21.7 Å². The molecule has 0 atom stereocenters. The van der Waals surface area contributed by atoms with E-state index < -0.39 is 0 Å². The maximum Gasteiger partial charge on any atom is 0.233 e. The summed E-state index contributed by atoms with van der Waals surface area (Å²) in [5.74, 6) is 2.24. The highest BCUT2D eigenvalue weighted by Gasteiger charge is 2.19. The first-order chi connectivity index (χ1) is 12.2. The molecular formula is C18H24N4O2S. The standard InChI is InChI=1S/C18H24N4O2S/c1-3-22-17(14-7-9-15(24-2)10-8-14)19-20-18(22)25-13-16(23)21-11-5-4-6-12-21/h7-10H,3-6,11-13H2,1-2H3. The SMILES string of the molecule is CCn1c(SCC(=O)N2CCCCC2)nnc1-c1ccc(OC)cc1. The highest BCUT2D eigenvalue weighted by Crippen LogP contribution is 2.26. The molecule has 0 spiro atoms. The van der Waals surface area contributed by atoms with Gasteiger partial charge in [-0.15, -0.1) is 10.2 Å². The molecule has 1 saturated heterocycles. The molecule has 3 rings (SSSR count). The molecule has 1 amide bonds. The van der Waals surface area contributed by atoms with E-state index in [1.165, 1.54) is 18.2 Å². The highest BCUT2D eigenvalue weighted by atomic mass is 32.2. The number of hydrogen-bond donors (Lipinski definition) is 0. The lowest BCUT2D eigenvalue weighted by Crippen LogP contribution is -2.36.